The van der Waals surface area contributed by atoms with Crippen LogP contribution in [0.2, 0.25) is 0 Å². The van der Waals surface area contributed by atoms with Crippen LogP contribution in [0, 0.1) is 0 Å². The molecule has 0 aromatic heterocycles. The van der Waals surface area contributed by atoms with Gasteiger partial charge >= 0.3 is 12.2 Å². The molecule has 1 aliphatic carbocycles. The van der Waals surface area contributed by atoms with Crippen molar-refractivity contribution in [3.8, 4) is 0 Å². The van der Waals surface area contributed by atoms with Crippen molar-refractivity contribution in [3.63, 3.8) is 0 Å². The summed E-state index contributed by atoms with van der Waals surface area (Å²) in [5, 5.41) is 2.90. The predicted molar refractivity (Wildman–Crippen MR) is 108 cm³/mol. The highest BCUT2D eigenvalue weighted by Crippen LogP contribution is 2.37. The van der Waals surface area contributed by atoms with E-state index in [1.165, 1.54) is 11.1 Å². The van der Waals surface area contributed by atoms with Gasteiger partial charge < -0.3 is 19.7 Å². The number of carbonyl (C=O) groups excluding carboxylic acids is 2. The van der Waals surface area contributed by atoms with E-state index in [9.17, 15) is 9.59 Å². The Bertz CT molecular complexity index is 896. The molecule has 0 fully saturated rings. The number of rotatable bonds is 5. The third-order valence-electron chi connectivity index (χ3n) is 5.12. The van der Waals surface area contributed by atoms with Crippen molar-refractivity contribution in [3.05, 3.63) is 82.9 Å². The Hall–Kier alpha value is -3.28. The van der Waals surface area contributed by atoms with Gasteiger partial charge in [0.1, 0.15) is 13.2 Å². The average molecular weight is 392 g/mol. The number of amides is 2. The van der Waals surface area contributed by atoms with Crippen molar-refractivity contribution in [1.82, 2.24) is 10.2 Å². The normalized spacial score (nSPS) is 17.8. The highest BCUT2D eigenvalue weighted by Gasteiger charge is 2.34. The number of hydrogen-bond donors (Lipinski definition) is 1. The molecule has 0 spiro atoms. The van der Waals surface area contributed by atoms with Crippen LogP contribution < -0.4 is 5.32 Å². The molecule has 0 saturated carbocycles. The van der Waals surface area contributed by atoms with Crippen LogP contribution in [0.15, 0.2) is 71.8 Å². The molecule has 4 rings (SSSR count). The maximum absolute atomic E-state index is 12.6. The summed E-state index contributed by atoms with van der Waals surface area (Å²) in [7, 11) is 0. The molecule has 2 aromatic carbocycles. The van der Waals surface area contributed by atoms with Crippen LogP contribution in [0.3, 0.4) is 0 Å². The molecular weight excluding hydrogens is 368 g/mol. The minimum Gasteiger partial charge on any atom is -0.445 e. The van der Waals surface area contributed by atoms with Gasteiger partial charge in [0.05, 0.1) is 6.04 Å². The molecule has 0 saturated heterocycles. The lowest BCUT2D eigenvalue weighted by Gasteiger charge is -2.26. The summed E-state index contributed by atoms with van der Waals surface area (Å²) in [6.07, 6.45) is 0.845. The lowest BCUT2D eigenvalue weighted by molar-refractivity contribution is 0.0939. The van der Waals surface area contributed by atoms with Gasteiger partial charge in [0, 0.05) is 13.1 Å². The maximum Gasteiger partial charge on any atom is 0.410 e. The van der Waals surface area contributed by atoms with Crippen molar-refractivity contribution < 1.29 is 19.1 Å². The fraction of sp³-hybridized carbons (Fsp3) is 0.304. The Morgan fingerprint density at radius 3 is 2.17 bits per heavy atom. The Morgan fingerprint density at radius 2 is 1.52 bits per heavy atom. The summed E-state index contributed by atoms with van der Waals surface area (Å²) < 4.78 is 10.8. The summed E-state index contributed by atoms with van der Waals surface area (Å²) in [5.41, 5.74) is 4.46. The SMILES string of the molecule is O=C(N[C@H]1CC2=C(C2)CN(C(=O)OCc2ccccc2)C1)OCc1ccccc1. The lowest BCUT2D eigenvalue weighted by atomic mass is 10.1. The fourth-order valence-electron chi connectivity index (χ4n) is 3.50. The first kappa shape index (κ1) is 19.1. The number of carbonyl (C=O) groups is 2. The number of alkyl carbamates (subject to hydrolysis) is 1. The van der Waals surface area contributed by atoms with E-state index in [4.69, 9.17) is 9.47 Å². The van der Waals surface area contributed by atoms with E-state index in [1.54, 1.807) is 4.90 Å². The second-order valence-electron chi connectivity index (χ2n) is 7.41. The first-order valence-electron chi connectivity index (χ1n) is 9.80. The van der Waals surface area contributed by atoms with E-state index in [2.05, 4.69) is 5.32 Å². The second kappa shape index (κ2) is 8.82. The summed E-state index contributed by atoms with van der Waals surface area (Å²) in [6.45, 7) is 1.43. The van der Waals surface area contributed by atoms with Crippen molar-refractivity contribution in [2.75, 3.05) is 13.1 Å². The van der Waals surface area contributed by atoms with Gasteiger partial charge in [-0.2, -0.15) is 0 Å². The summed E-state index contributed by atoms with van der Waals surface area (Å²) in [6, 6.07) is 19.0. The van der Waals surface area contributed by atoms with E-state index in [1.807, 2.05) is 60.7 Å². The molecule has 0 bridgehead atoms. The molecule has 1 N–H and O–H groups in total. The topological polar surface area (TPSA) is 67.9 Å². The summed E-state index contributed by atoms with van der Waals surface area (Å²) in [5.74, 6) is 0. The largest absolute Gasteiger partial charge is 0.445 e. The molecule has 6 nitrogen and oxygen atoms in total. The Balaban J connectivity index is 1.29. The molecule has 150 valence electrons. The Labute approximate surface area is 170 Å². The predicted octanol–water partition coefficient (Wildman–Crippen LogP) is 4.02. The third-order valence-corrected chi connectivity index (χ3v) is 5.12. The van der Waals surface area contributed by atoms with Gasteiger partial charge in [-0.15, -0.1) is 0 Å². The number of nitrogens with one attached hydrogen (secondary N) is 1. The van der Waals surface area contributed by atoms with Crippen molar-refractivity contribution in [2.24, 2.45) is 0 Å². The Morgan fingerprint density at radius 1 is 0.897 bits per heavy atom. The molecule has 0 radical (unpaired) electrons. The quantitative estimate of drug-likeness (QED) is 0.781. The summed E-state index contributed by atoms with van der Waals surface area (Å²) >= 11 is 0. The lowest BCUT2D eigenvalue weighted by Crippen LogP contribution is -2.45. The highest BCUT2D eigenvalue weighted by atomic mass is 16.6. The minimum atomic E-state index is -0.471. The zero-order valence-electron chi connectivity index (χ0n) is 16.2. The summed E-state index contributed by atoms with van der Waals surface area (Å²) in [4.78, 5) is 26.5. The van der Waals surface area contributed by atoms with Crippen LogP contribution in [0.1, 0.15) is 24.0 Å². The molecule has 2 aliphatic rings. The minimum absolute atomic E-state index is 0.183. The zero-order chi connectivity index (χ0) is 20.1. The van der Waals surface area contributed by atoms with Gasteiger partial charge in [0.15, 0.2) is 0 Å². The van der Waals surface area contributed by atoms with Crippen molar-refractivity contribution >= 4 is 12.2 Å². The average Bonchev–Trinajstić information content (AvgIpc) is 3.50. The molecule has 1 heterocycles. The number of nitrogens with zero attached hydrogens (tertiary/aromatic N) is 1. The van der Waals surface area contributed by atoms with E-state index < -0.39 is 6.09 Å². The fourth-order valence-corrected chi connectivity index (χ4v) is 3.50. The smallest absolute Gasteiger partial charge is 0.410 e. The van der Waals surface area contributed by atoms with Crippen LogP contribution in [-0.2, 0) is 22.7 Å². The van der Waals surface area contributed by atoms with Gasteiger partial charge in [0.25, 0.3) is 0 Å². The zero-order valence-corrected chi connectivity index (χ0v) is 16.2. The van der Waals surface area contributed by atoms with Crippen molar-refractivity contribution in [1.29, 1.82) is 0 Å². The van der Waals surface area contributed by atoms with Gasteiger partial charge in [0.2, 0.25) is 0 Å². The molecule has 1 atom stereocenters. The van der Waals surface area contributed by atoms with Gasteiger partial charge in [-0.3, -0.25) is 0 Å². The number of benzene rings is 2. The van der Waals surface area contributed by atoms with Crippen LogP contribution in [0.4, 0.5) is 9.59 Å². The first-order valence-corrected chi connectivity index (χ1v) is 9.80. The molecular formula is C23H24N2O4. The van der Waals surface area contributed by atoms with Gasteiger partial charge in [-0.05, 0) is 29.5 Å². The first-order chi connectivity index (χ1) is 14.2. The molecule has 2 aromatic rings. The standard InChI is InChI=1S/C23H24N2O4/c26-22(28-15-17-7-3-1-4-8-17)24-21-12-19-11-20(19)13-25(14-21)23(27)29-16-18-9-5-2-6-10-18/h1-10,21H,11-16H2,(H,24,26)/t21-/m0/s1. The number of ether oxygens (including phenoxy) is 2. The molecule has 29 heavy (non-hydrogen) atoms. The van der Waals surface area contributed by atoms with Gasteiger partial charge in [-0.1, -0.05) is 66.2 Å². The monoisotopic (exact) mass is 392 g/mol. The van der Waals surface area contributed by atoms with E-state index in [-0.39, 0.29) is 25.3 Å². The third kappa shape index (κ3) is 5.38. The Kier molecular flexibility index (Phi) is 5.79. The molecule has 1 aliphatic heterocycles. The molecule has 6 heteroatoms. The molecule has 2 amide bonds. The maximum atomic E-state index is 12.6. The van der Waals surface area contributed by atoms with Crippen LogP contribution in [0.25, 0.3) is 0 Å². The number of hydrogen-bond acceptors (Lipinski definition) is 4. The van der Waals surface area contributed by atoms with Crippen LogP contribution >= 0.6 is 0 Å². The van der Waals surface area contributed by atoms with E-state index >= 15 is 0 Å². The highest BCUT2D eigenvalue weighted by molar-refractivity contribution is 5.70. The van der Waals surface area contributed by atoms with Gasteiger partial charge in [-0.25, -0.2) is 9.59 Å². The second-order valence-corrected chi connectivity index (χ2v) is 7.41. The molecule has 0 unspecified atom stereocenters. The van der Waals surface area contributed by atoms with E-state index in [0.29, 0.717) is 13.1 Å². The van der Waals surface area contributed by atoms with Crippen LogP contribution in [-0.4, -0.2) is 36.2 Å². The van der Waals surface area contributed by atoms with E-state index in [0.717, 1.165) is 24.0 Å². The number of likely N-dealkylation sites (tertiary alicyclic amines) is 1. The van der Waals surface area contributed by atoms with Crippen LogP contribution in [0.5, 0.6) is 0 Å². The van der Waals surface area contributed by atoms with Crippen molar-refractivity contribution in [2.45, 2.75) is 32.1 Å².